The van der Waals surface area contributed by atoms with Gasteiger partial charge in [0.05, 0.1) is 12.3 Å². The fourth-order valence-electron chi connectivity index (χ4n) is 3.72. The Kier molecular flexibility index (Phi) is 8.83. The predicted octanol–water partition coefficient (Wildman–Crippen LogP) is 0.942. The van der Waals surface area contributed by atoms with Crippen LogP contribution in [0.2, 0.25) is 0 Å². The van der Waals surface area contributed by atoms with Crippen LogP contribution in [0.5, 0.6) is 0 Å². The van der Waals surface area contributed by atoms with Crippen LogP contribution in [0.15, 0.2) is 23.2 Å². The van der Waals surface area contributed by atoms with E-state index < -0.39 is 6.04 Å². The number of aliphatic hydroxyl groups excluding tert-OH is 1. The number of rotatable bonds is 3. The minimum absolute atomic E-state index is 0.101. The Hall–Kier alpha value is -3.18. The minimum Gasteiger partial charge on any atom is -0.395 e. The highest BCUT2D eigenvalue weighted by Gasteiger charge is 2.21. The van der Waals surface area contributed by atoms with Crippen molar-refractivity contribution in [2.75, 3.05) is 31.2 Å². The van der Waals surface area contributed by atoms with Crippen LogP contribution in [0.25, 0.3) is 11.3 Å². The van der Waals surface area contributed by atoms with E-state index in [2.05, 4.69) is 25.9 Å². The molecule has 0 aliphatic carbocycles. The highest BCUT2D eigenvalue weighted by atomic mass is 32.2. The molecular weight excluding hydrogens is 456 g/mol. The number of hydrogen-bond donors (Lipinski definition) is 5. The van der Waals surface area contributed by atoms with Crippen molar-refractivity contribution in [2.24, 2.45) is 0 Å². The molecule has 0 fully saturated rings. The molecule has 3 amide bonds. The largest absolute Gasteiger partial charge is 0.395 e. The number of thioether (sulfide) groups is 1. The number of nitrogens with zero attached hydrogens (tertiary/aromatic N) is 2. The smallest absolute Gasteiger partial charge is 0.251 e. The topological polar surface area (TPSA) is 159 Å². The van der Waals surface area contributed by atoms with Crippen molar-refractivity contribution in [2.45, 2.75) is 44.2 Å². The summed E-state index contributed by atoms with van der Waals surface area (Å²) in [6, 6.07) is 4.78. The standard InChI is InChI=1S/C23H30N6O4S/c1-13-10-14(2)16-11-15(13)18-12-20(29-23(24)28-18)34-9-5-19(31)27-17(22(33)26-7-8-30)4-3-6-25-21(16)32/h10-12,17,30H,3-9H2,1-2H3,(H,25,32)(H,26,33)(H,27,31)(H2,24,28,29). The van der Waals surface area contributed by atoms with Gasteiger partial charge in [-0.2, -0.15) is 0 Å². The van der Waals surface area contributed by atoms with Gasteiger partial charge in [-0.15, -0.1) is 11.8 Å². The van der Waals surface area contributed by atoms with Gasteiger partial charge in [0.2, 0.25) is 17.8 Å². The summed E-state index contributed by atoms with van der Waals surface area (Å²) >= 11 is 1.36. The van der Waals surface area contributed by atoms with E-state index in [-0.39, 0.29) is 43.2 Å². The highest BCUT2D eigenvalue weighted by Crippen LogP contribution is 2.29. The normalized spacial score (nSPS) is 17.3. The maximum atomic E-state index is 12.9. The van der Waals surface area contributed by atoms with Gasteiger partial charge in [0, 0.05) is 36.4 Å². The van der Waals surface area contributed by atoms with Crippen LogP contribution in [-0.2, 0) is 9.59 Å². The van der Waals surface area contributed by atoms with Crippen molar-refractivity contribution >= 4 is 35.4 Å². The summed E-state index contributed by atoms with van der Waals surface area (Å²) in [6.45, 7) is 4.07. The lowest BCUT2D eigenvalue weighted by atomic mass is 9.97. The summed E-state index contributed by atoms with van der Waals surface area (Å²) in [7, 11) is 0. The van der Waals surface area contributed by atoms with Crippen LogP contribution in [0, 0.1) is 13.8 Å². The first-order valence-corrected chi connectivity index (χ1v) is 12.1. The number of nitrogen functional groups attached to an aromatic ring is 1. The van der Waals surface area contributed by atoms with E-state index >= 15 is 0 Å². The molecule has 3 rings (SSSR count). The number of aliphatic hydroxyl groups is 1. The molecule has 1 atom stereocenters. The summed E-state index contributed by atoms with van der Waals surface area (Å²) in [5.74, 6) is -0.332. The lowest BCUT2D eigenvalue weighted by Gasteiger charge is -2.18. The number of aryl methyl sites for hydroxylation is 2. The monoisotopic (exact) mass is 486 g/mol. The minimum atomic E-state index is -0.759. The Labute approximate surface area is 202 Å². The van der Waals surface area contributed by atoms with Crippen LogP contribution in [-0.4, -0.2) is 64.3 Å². The number of carbonyl (C=O) groups is 3. The van der Waals surface area contributed by atoms with Gasteiger partial charge >= 0.3 is 0 Å². The number of amides is 3. The van der Waals surface area contributed by atoms with Gasteiger partial charge in [0.1, 0.15) is 11.1 Å². The summed E-state index contributed by atoms with van der Waals surface area (Å²) in [5, 5.41) is 17.8. The third kappa shape index (κ3) is 6.67. The molecule has 4 bridgehead atoms. The number of nitrogens with two attached hydrogens (primary N) is 1. The van der Waals surface area contributed by atoms with Gasteiger partial charge in [-0.25, -0.2) is 9.97 Å². The van der Waals surface area contributed by atoms with Crippen LogP contribution in [0.1, 0.15) is 40.7 Å². The first kappa shape index (κ1) is 25.4. The molecule has 0 saturated heterocycles. The number of hydrogen-bond acceptors (Lipinski definition) is 8. The van der Waals surface area contributed by atoms with E-state index in [1.165, 1.54) is 11.8 Å². The zero-order chi connectivity index (χ0) is 24.7. The second kappa shape index (κ2) is 11.8. The second-order valence-corrected chi connectivity index (χ2v) is 9.18. The second-order valence-electron chi connectivity index (χ2n) is 8.06. The molecule has 182 valence electrons. The molecule has 34 heavy (non-hydrogen) atoms. The summed E-state index contributed by atoms with van der Waals surface area (Å²) in [5.41, 5.74) is 9.66. The van der Waals surface area contributed by atoms with Crippen molar-refractivity contribution in [1.29, 1.82) is 0 Å². The fourth-order valence-corrected chi connectivity index (χ4v) is 4.57. The molecule has 1 unspecified atom stereocenters. The molecule has 1 aliphatic heterocycles. The maximum absolute atomic E-state index is 12.9. The van der Waals surface area contributed by atoms with Crippen molar-refractivity contribution in [3.8, 4) is 11.3 Å². The summed E-state index contributed by atoms with van der Waals surface area (Å²) in [6.07, 6.45) is 1.01. The van der Waals surface area contributed by atoms with E-state index in [1.807, 2.05) is 26.0 Å². The van der Waals surface area contributed by atoms with E-state index in [0.717, 1.165) is 16.7 Å². The lowest BCUT2D eigenvalue weighted by Crippen LogP contribution is -2.47. The van der Waals surface area contributed by atoms with Gasteiger partial charge in [-0.05, 0) is 49.9 Å². The van der Waals surface area contributed by atoms with Crippen LogP contribution >= 0.6 is 11.8 Å². The SMILES string of the molecule is Cc1cc(C)c2cc1C(=O)NCCCC(C(=O)NCCO)NC(=O)CCSc1cc-2nc(N)n1. The predicted molar refractivity (Wildman–Crippen MR) is 130 cm³/mol. The molecule has 6 N–H and O–H groups in total. The number of anilines is 1. The first-order chi connectivity index (χ1) is 16.3. The molecule has 0 radical (unpaired) electrons. The molecule has 1 aliphatic rings. The Bertz CT molecular complexity index is 1080. The van der Waals surface area contributed by atoms with E-state index in [0.29, 0.717) is 41.4 Å². The zero-order valence-corrected chi connectivity index (χ0v) is 20.1. The van der Waals surface area contributed by atoms with Gasteiger partial charge in [-0.1, -0.05) is 6.07 Å². The lowest BCUT2D eigenvalue weighted by molar-refractivity contribution is -0.129. The van der Waals surface area contributed by atoms with Crippen molar-refractivity contribution in [1.82, 2.24) is 25.9 Å². The number of aromatic nitrogens is 2. The number of benzene rings is 1. The summed E-state index contributed by atoms with van der Waals surface area (Å²) < 4.78 is 0. The maximum Gasteiger partial charge on any atom is 0.251 e. The van der Waals surface area contributed by atoms with E-state index in [1.54, 1.807) is 6.07 Å². The van der Waals surface area contributed by atoms with Crippen molar-refractivity contribution in [3.63, 3.8) is 0 Å². The third-order valence-corrected chi connectivity index (χ3v) is 6.32. The van der Waals surface area contributed by atoms with Crippen molar-refractivity contribution in [3.05, 3.63) is 34.9 Å². The molecule has 11 heteroatoms. The average Bonchev–Trinajstić information content (AvgIpc) is 2.78. The Morgan fingerprint density at radius 2 is 1.97 bits per heavy atom. The van der Waals surface area contributed by atoms with Crippen LogP contribution in [0.3, 0.4) is 0 Å². The van der Waals surface area contributed by atoms with Crippen molar-refractivity contribution < 1.29 is 19.5 Å². The number of carbonyl (C=O) groups excluding carboxylic acids is 3. The molecular formula is C23H30N6O4S. The third-order valence-electron chi connectivity index (χ3n) is 5.41. The molecule has 1 aromatic heterocycles. The Morgan fingerprint density at radius 1 is 1.21 bits per heavy atom. The fraction of sp³-hybridized carbons (Fsp3) is 0.435. The molecule has 10 nitrogen and oxygen atoms in total. The number of fused-ring (bicyclic) bond motifs is 5. The van der Waals surface area contributed by atoms with E-state index in [4.69, 9.17) is 10.8 Å². The average molecular weight is 487 g/mol. The summed E-state index contributed by atoms with van der Waals surface area (Å²) in [4.78, 5) is 46.5. The van der Waals surface area contributed by atoms with Crippen LogP contribution < -0.4 is 21.7 Å². The van der Waals surface area contributed by atoms with Crippen LogP contribution in [0.4, 0.5) is 5.95 Å². The molecule has 0 spiro atoms. The molecule has 0 saturated carbocycles. The first-order valence-electron chi connectivity index (χ1n) is 11.1. The van der Waals surface area contributed by atoms with Gasteiger partial charge < -0.3 is 26.8 Å². The van der Waals surface area contributed by atoms with Gasteiger partial charge in [0.25, 0.3) is 5.91 Å². The van der Waals surface area contributed by atoms with Gasteiger partial charge in [0.15, 0.2) is 0 Å². The number of nitrogens with one attached hydrogen (secondary N) is 3. The molecule has 1 aromatic carbocycles. The Balaban J connectivity index is 1.91. The quantitative estimate of drug-likeness (QED) is 0.401. The Morgan fingerprint density at radius 3 is 2.74 bits per heavy atom. The van der Waals surface area contributed by atoms with Gasteiger partial charge in [-0.3, -0.25) is 14.4 Å². The highest BCUT2D eigenvalue weighted by molar-refractivity contribution is 7.99. The van der Waals surface area contributed by atoms with E-state index in [9.17, 15) is 14.4 Å². The molecule has 2 aromatic rings. The zero-order valence-electron chi connectivity index (χ0n) is 19.3. The molecule has 2 heterocycles.